The monoisotopic (exact) mass is 575 g/mol. The molecule has 0 rings (SSSR count). The zero-order valence-corrected chi connectivity index (χ0v) is 28.1. The molecule has 0 aromatic heterocycles. The fourth-order valence-corrected chi connectivity index (χ4v) is 0.935. The summed E-state index contributed by atoms with van der Waals surface area (Å²) < 4.78 is 0. The third-order valence-electron chi connectivity index (χ3n) is 3.06. The van der Waals surface area contributed by atoms with E-state index >= 15 is 0 Å². The largest absolute Gasteiger partial charge is 1.00 e. The molecule has 0 aromatic rings. The molecule has 0 unspecified atom stereocenters. The summed E-state index contributed by atoms with van der Waals surface area (Å²) >= 11 is 0. The first-order valence-corrected chi connectivity index (χ1v) is 12.1. The van der Waals surface area contributed by atoms with Crippen LogP contribution in [0.15, 0.2) is 0 Å². The van der Waals surface area contributed by atoms with Crippen LogP contribution >= 0.6 is 0 Å². The Morgan fingerprint density at radius 2 is 0.562 bits per heavy atom. The first kappa shape index (κ1) is 54.9. The van der Waals surface area contributed by atoms with Gasteiger partial charge < -0.3 is 30.6 Å². The van der Waals surface area contributed by atoms with Crippen molar-refractivity contribution >= 4 is 0 Å². The quantitative estimate of drug-likeness (QED) is 0.222. The molecule has 0 saturated heterocycles. The predicted octanol–water partition coefficient (Wildman–Crippen LogP) is 1.04. The summed E-state index contributed by atoms with van der Waals surface area (Å²) in [6.07, 6.45) is 12.1. The van der Waals surface area contributed by atoms with Gasteiger partial charge in [0.1, 0.15) is 0 Å². The summed E-state index contributed by atoms with van der Waals surface area (Å²) in [7, 11) is 0. The Kier molecular flexibility index (Phi) is 145. The second-order valence-corrected chi connectivity index (χ2v) is 6.44. The zero-order chi connectivity index (χ0) is 24.7. The van der Waals surface area contributed by atoms with Gasteiger partial charge >= 0.3 is 51.4 Å². The van der Waals surface area contributed by atoms with Crippen LogP contribution in [0.2, 0.25) is 0 Å². The number of aliphatic hydroxyl groups excluding tert-OH is 5. The second-order valence-electron chi connectivity index (χ2n) is 6.44. The minimum atomic E-state index is 0. The normalized spacial score (nSPS) is 7.88. The molecule has 0 aliphatic carbocycles. The van der Waals surface area contributed by atoms with Crippen molar-refractivity contribution in [1.82, 2.24) is 0 Å². The molecule has 5 N–H and O–H groups in total. The molecule has 8 heteroatoms. The van der Waals surface area contributed by atoms with Crippen molar-refractivity contribution in [3.05, 3.63) is 0 Å². The summed E-state index contributed by atoms with van der Waals surface area (Å²) in [5, 5.41) is 49.9. The molecule has 0 fully saturated rings. The molecule has 1 radical (unpaired) electrons. The van der Waals surface area contributed by atoms with E-state index in [-0.39, 0.29) is 80.4 Å². The molecule has 197 valence electrons. The second kappa shape index (κ2) is 84.4. The van der Waals surface area contributed by atoms with E-state index in [0.29, 0.717) is 33.0 Å². The van der Waals surface area contributed by atoms with Gasteiger partial charge in [-0.1, -0.05) is 86.5 Å². The Hall–Kier alpha value is 2.14. The number of unbranched alkanes of at least 4 members (excludes halogenated alkanes) is 6. The molecule has 0 amide bonds. The predicted molar refractivity (Wildman–Crippen MR) is 130 cm³/mol. The molecule has 0 aromatic carbocycles. The summed E-state index contributed by atoms with van der Waals surface area (Å²) in [5.74, 6) is 0. The van der Waals surface area contributed by atoms with E-state index in [2.05, 4.69) is 34.6 Å². The molecule has 32 heavy (non-hydrogen) atoms. The van der Waals surface area contributed by atoms with Crippen LogP contribution in [0.25, 0.3) is 0 Å². The van der Waals surface area contributed by atoms with E-state index in [4.69, 9.17) is 25.5 Å². The maximum absolute atomic E-state index is 9.53. The molecule has 0 bridgehead atoms. The van der Waals surface area contributed by atoms with Gasteiger partial charge in [0, 0.05) is 55.4 Å². The van der Waals surface area contributed by atoms with Crippen LogP contribution in [0.1, 0.15) is 119 Å². The van der Waals surface area contributed by atoms with Crippen LogP contribution in [-0.2, 0) is 22.4 Å². The maximum atomic E-state index is 9.53. The van der Waals surface area contributed by atoms with E-state index in [0.717, 1.165) is 77.0 Å². The van der Waals surface area contributed by atoms with Crippen LogP contribution in [0, 0.1) is 0 Å². The van der Waals surface area contributed by atoms with Crippen molar-refractivity contribution < 1.29 is 104 Å². The molecular weight excluding hydrogens is 516 g/mol. The Balaban J connectivity index is -0.0000000356. The van der Waals surface area contributed by atoms with E-state index in [1.807, 2.05) is 6.92 Å². The standard InChI is InChI=1S/5C4H10O.C4H9O.K.Nb/c6*1-2-3-4-5;;/h5*5H,2-4H2,1H3;2-4H2,1H3;;/q;;;;;-1;+1;. The maximum Gasteiger partial charge on any atom is 1.00 e. The molecule has 0 aliphatic rings. The van der Waals surface area contributed by atoms with Gasteiger partial charge in [0.25, 0.3) is 0 Å². The zero-order valence-electron chi connectivity index (χ0n) is 22.8. The molecule has 0 atom stereocenters. The van der Waals surface area contributed by atoms with Gasteiger partial charge in [0.15, 0.2) is 0 Å². The van der Waals surface area contributed by atoms with Gasteiger partial charge in [0.05, 0.1) is 0 Å². The molecule has 0 aliphatic heterocycles. The van der Waals surface area contributed by atoms with Gasteiger partial charge in [-0.3, -0.25) is 0 Å². The van der Waals surface area contributed by atoms with Crippen molar-refractivity contribution in [3.63, 3.8) is 0 Å². The number of aliphatic hydroxyl groups is 5. The number of hydrogen-bond donors (Lipinski definition) is 5. The SMILES string of the molecule is CCCCO.CCCCO.CCCCO.CCCCO.CCCCO.CCCC[O-].[K+].[Nb]. The molecule has 0 heterocycles. The summed E-state index contributed by atoms with van der Waals surface area (Å²) in [4.78, 5) is 0. The van der Waals surface area contributed by atoms with Gasteiger partial charge in [-0.05, 0) is 32.1 Å². The Morgan fingerprint density at radius 3 is 0.562 bits per heavy atom. The average molecular weight is 576 g/mol. The van der Waals surface area contributed by atoms with Crippen molar-refractivity contribution in [2.45, 2.75) is 119 Å². The smallest absolute Gasteiger partial charge is 0.854 e. The van der Waals surface area contributed by atoms with Gasteiger partial charge in [-0.15, -0.1) is 6.61 Å². The first-order chi connectivity index (χ1) is 14.5. The Labute approximate surface area is 259 Å². The van der Waals surface area contributed by atoms with Crippen LogP contribution < -0.4 is 56.5 Å². The van der Waals surface area contributed by atoms with Crippen molar-refractivity contribution in [2.24, 2.45) is 0 Å². The minimum absolute atomic E-state index is 0. The van der Waals surface area contributed by atoms with E-state index in [1.165, 1.54) is 0 Å². The van der Waals surface area contributed by atoms with Gasteiger partial charge in [-0.25, -0.2) is 0 Å². The topological polar surface area (TPSA) is 124 Å². The third-order valence-corrected chi connectivity index (χ3v) is 3.06. The van der Waals surface area contributed by atoms with Crippen molar-refractivity contribution in [2.75, 3.05) is 39.6 Å². The summed E-state index contributed by atoms with van der Waals surface area (Å²) in [6.45, 7) is 14.1. The van der Waals surface area contributed by atoms with Crippen molar-refractivity contribution in [3.8, 4) is 0 Å². The fourth-order valence-electron chi connectivity index (χ4n) is 0.935. The van der Waals surface area contributed by atoms with Crippen LogP contribution in [-0.4, -0.2) is 65.2 Å². The average Bonchev–Trinajstić information content (AvgIpc) is 2.74. The van der Waals surface area contributed by atoms with E-state index in [1.54, 1.807) is 0 Å². The van der Waals surface area contributed by atoms with E-state index < -0.39 is 0 Å². The number of hydrogen-bond acceptors (Lipinski definition) is 6. The molecular formula is C24H59KNbO6. The Bertz CT molecular complexity index is 126. The summed E-state index contributed by atoms with van der Waals surface area (Å²) in [5.41, 5.74) is 0. The summed E-state index contributed by atoms with van der Waals surface area (Å²) in [6, 6.07) is 0. The third kappa shape index (κ3) is 156. The van der Waals surface area contributed by atoms with Crippen molar-refractivity contribution in [1.29, 1.82) is 0 Å². The first-order valence-electron chi connectivity index (χ1n) is 12.1. The van der Waals surface area contributed by atoms with Gasteiger partial charge in [-0.2, -0.15) is 0 Å². The van der Waals surface area contributed by atoms with Gasteiger partial charge in [0.2, 0.25) is 0 Å². The molecule has 0 spiro atoms. The minimum Gasteiger partial charge on any atom is -0.854 e. The van der Waals surface area contributed by atoms with Crippen LogP contribution in [0.3, 0.4) is 0 Å². The molecule has 6 nitrogen and oxygen atoms in total. The van der Waals surface area contributed by atoms with Crippen LogP contribution in [0.4, 0.5) is 0 Å². The Morgan fingerprint density at radius 1 is 0.406 bits per heavy atom. The fraction of sp³-hybridized carbons (Fsp3) is 1.00. The van der Waals surface area contributed by atoms with E-state index in [9.17, 15) is 5.11 Å². The number of rotatable bonds is 12. The van der Waals surface area contributed by atoms with Crippen LogP contribution in [0.5, 0.6) is 0 Å². The molecule has 0 saturated carbocycles.